The number of piperidine rings is 1. The van der Waals surface area contributed by atoms with Crippen molar-refractivity contribution in [2.75, 3.05) is 19.6 Å². The summed E-state index contributed by atoms with van der Waals surface area (Å²) in [5.41, 5.74) is 1.15. The van der Waals surface area contributed by atoms with Crippen LogP contribution in [0.15, 0.2) is 48.5 Å². The minimum atomic E-state index is -0.354. The molecule has 0 aromatic heterocycles. The van der Waals surface area contributed by atoms with Gasteiger partial charge in [0.15, 0.2) is 5.78 Å². The Morgan fingerprint density at radius 1 is 1.00 bits per heavy atom. The summed E-state index contributed by atoms with van der Waals surface area (Å²) >= 11 is 5.84. The molecular formula is C21H22ClFN2O2. The Morgan fingerprint density at radius 3 is 2.22 bits per heavy atom. The summed E-state index contributed by atoms with van der Waals surface area (Å²) in [6.07, 6.45) is 2.14. The van der Waals surface area contributed by atoms with Crippen molar-refractivity contribution in [3.05, 3.63) is 70.5 Å². The number of carbonyl (C=O) groups excluding carboxylic acids is 2. The number of amides is 1. The highest BCUT2D eigenvalue weighted by Crippen LogP contribution is 2.14. The number of benzene rings is 2. The van der Waals surface area contributed by atoms with Crippen LogP contribution < -0.4 is 5.32 Å². The summed E-state index contributed by atoms with van der Waals surface area (Å²) in [4.78, 5) is 26.7. The van der Waals surface area contributed by atoms with Gasteiger partial charge < -0.3 is 10.2 Å². The Morgan fingerprint density at radius 2 is 1.59 bits per heavy atom. The molecule has 0 aliphatic carbocycles. The van der Waals surface area contributed by atoms with Crippen molar-refractivity contribution < 1.29 is 14.0 Å². The molecule has 0 radical (unpaired) electrons. The van der Waals surface area contributed by atoms with Gasteiger partial charge in [0.25, 0.3) is 5.91 Å². The fourth-order valence-corrected chi connectivity index (χ4v) is 3.34. The van der Waals surface area contributed by atoms with E-state index in [0.29, 0.717) is 29.1 Å². The Hall–Kier alpha value is -2.24. The lowest BCUT2D eigenvalue weighted by molar-refractivity contribution is 0.0905. The maximum Gasteiger partial charge on any atom is 0.251 e. The number of Topliss-reactive ketones (excluding diaryl/α,β-unsaturated/α-hetero) is 1. The van der Waals surface area contributed by atoms with Crippen LogP contribution in [-0.2, 0) is 0 Å². The third-order valence-corrected chi connectivity index (χ3v) is 5.10. The highest BCUT2D eigenvalue weighted by atomic mass is 35.5. The van der Waals surface area contributed by atoms with Crippen LogP contribution in [0.4, 0.5) is 4.39 Å². The summed E-state index contributed by atoms with van der Waals surface area (Å²) in [5.74, 6) is -0.419. The van der Waals surface area contributed by atoms with Gasteiger partial charge in [0.1, 0.15) is 5.82 Å². The topological polar surface area (TPSA) is 49.4 Å². The fraction of sp³-hybridized carbons (Fsp3) is 0.333. The number of carbonyl (C=O) groups is 2. The first-order valence-corrected chi connectivity index (χ1v) is 9.46. The number of ketones is 1. The quantitative estimate of drug-likeness (QED) is 0.762. The third-order valence-electron chi connectivity index (χ3n) is 4.85. The third kappa shape index (κ3) is 5.62. The van der Waals surface area contributed by atoms with Crippen LogP contribution in [0.5, 0.6) is 0 Å². The van der Waals surface area contributed by atoms with Crippen molar-refractivity contribution in [1.82, 2.24) is 10.2 Å². The molecule has 1 heterocycles. The van der Waals surface area contributed by atoms with E-state index in [9.17, 15) is 14.0 Å². The second kappa shape index (κ2) is 9.11. The molecule has 4 nitrogen and oxygen atoms in total. The molecule has 0 atom stereocenters. The summed E-state index contributed by atoms with van der Waals surface area (Å²) in [7, 11) is 0. The highest BCUT2D eigenvalue weighted by molar-refractivity contribution is 6.30. The molecule has 0 saturated carbocycles. The summed E-state index contributed by atoms with van der Waals surface area (Å²) < 4.78 is 12.9. The molecule has 1 aliphatic heterocycles. The lowest BCUT2D eigenvalue weighted by Gasteiger charge is -2.32. The molecule has 1 saturated heterocycles. The predicted octanol–water partition coefficient (Wildman–Crippen LogP) is 3.95. The molecule has 142 valence electrons. The van der Waals surface area contributed by atoms with Crippen molar-refractivity contribution in [3.8, 4) is 0 Å². The molecule has 0 bridgehead atoms. The number of nitrogens with one attached hydrogen (secondary N) is 1. The maximum absolute atomic E-state index is 12.9. The Labute approximate surface area is 163 Å². The molecule has 3 rings (SSSR count). The van der Waals surface area contributed by atoms with Gasteiger partial charge in [0.05, 0.1) is 0 Å². The minimum absolute atomic E-state index is 0.103. The molecule has 2 aromatic rings. The number of hydrogen-bond acceptors (Lipinski definition) is 3. The Kier molecular flexibility index (Phi) is 6.58. The molecule has 27 heavy (non-hydrogen) atoms. The van der Waals surface area contributed by atoms with E-state index in [1.807, 2.05) is 0 Å². The first kappa shape index (κ1) is 19.5. The van der Waals surface area contributed by atoms with E-state index >= 15 is 0 Å². The zero-order chi connectivity index (χ0) is 19.2. The number of hydrogen-bond donors (Lipinski definition) is 1. The molecule has 6 heteroatoms. The van der Waals surface area contributed by atoms with Crippen molar-refractivity contribution in [2.45, 2.75) is 25.3 Å². The maximum atomic E-state index is 12.9. The van der Waals surface area contributed by atoms with E-state index in [2.05, 4.69) is 10.2 Å². The van der Waals surface area contributed by atoms with E-state index in [1.165, 1.54) is 24.3 Å². The smallest absolute Gasteiger partial charge is 0.251 e. The van der Waals surface area contributed by atoms with E-state index in [4.69, 9.17) is 11.6 Å². The van der Waals surface area contributed by atoms with Gasteiger partial charge in [-0.3, -0.25) is 9.59 Å². The van der Waals surface area contributed by atoms with Gasteiger partial charge in [0, 0.05) is 48.2 Å². The lowest BCUT2D eigenvalue weighted by Crippen LogP contribution is -2.45. The van der Waals surface area contributed by atoms with Crippen molar-refractivity contribution >= 4 is 23.3 Å². The van der Waals surface area contributed by atoms with Crippen LogP contribution in [0.25, 0.3) is 0 Å². The van der Waals surface area contributed by atoms with Crippen molar-refractivity contribution in [3.63, 3.8) is 0 Å². The molecule has 0 unspecified atom stereocenters. The molecule has 1 fully saturated rings. The molecule has 0 spiro atoms. The van der Waals surface area contributed by atoms with Gasteiger partial charge in [-0.2, -0.15) is 0 Å². The number of likely N-dealkylation sites (tertiary alicyclic amines) is 1. The van der Waals surface area contributed by atoms with E-state index in [0.717, 1.165) is 25.9 Å². The Bertz CT molecular complexity index is 785. The minimum Gasteiger partial charge on any atom is -0.349 e. The second-order valence-electron chi connectivity index (χ2n) is 6.78. The van der Waals surface area contributed by atoms with Crippen LogP contribution in [0.1, 0.15) is 40.0 Å². The van der Waals surface area contributed by atoms with Gasteiger partial charge in [0.2, 0.25) is 0 Å². The van der Waals surface area contributed by atoms with E-state index < -0.39 is 0 Å². The van der Waals surface area contributed by atoms with E-state index in [1.54, 1.807) is 24.3 Å². The largest absolute Gasteiger partial charge is 0.349 e. The molecule has 1 amide bonds. The molecule has 2 aromatic carbocycles. The molecular weight excluding hydrogens is 367 g/mol. The standard InChI is InChI=1S/C21H22ClFN2O2/c22-17-5-1-15(2-6-17)20(26)11-14-25-12-9-19(10-13-25)24-21(27)16-3-7-18(23)8-4-16/h1-8,19H,9-14H2,(H,24,27). The van der Waals surface area contributed by atoms with Crippen LogP contribution >= 0.6 is 11.6 Å². The average molecular weight is 389 g/mol. The zero-order valence-corrected chi connectivity index (χ0v) is 15.7. The second-order valence-corrected chi connectivity index (χ2v) is 7.21. The SMILES string of the molecule is O=C(CCN1CCC(NC(=O)c2ccc(F)cc2)CC1)c1ccc(Cl)cc1. The lowest BCUT2D eigenvalue weighted by atomic mass is 10.0. The monoisotopic (exact) mass is 388 g/mol. The van der Waals surface area contributed by atoms with Crippen LogP contribution in [0.3, 0.4) is 0 Å². The number of nitrogens with zero attached hydrogens (tertiary/aromatic N) is 1. The van der Waals surface area contributed by atoms with Crippen molar-refractivity contribution in [1.29, 1.82) is 0 Å². The van der Waals surface area contributed by atoms with Crippen LogP contribution in [-0.4, -0.2) is 42.3 Å². The number of rotatable bonds is 6. The Balaban J connectivity index is 1.41. The summed E-state index contributed by atoms with van der Waals surface area (Å²) in [5, 5.41) is 3.63. The van der Waals surface area contributed by atoms with E-state index in [-0.39, 0.29) is 23.5 Å². The summed E-state index contributed by atoms with van der Waals surface area (Å²) in [6.45, 7) is 2.38. The molecule has 1 aliphatic rings. The molecule has 1 N–H and O–H groups in total. The van der Waals surface area contributed by atoms with Gasteiger partial charge in [-0.25, -0.2) is 4.39 Å². The highest BCUT2D eigenvalue weighted by Gasteiger charge is 2.21. The first-order chi connectivity index (χ1) is 13.0. The van der Waals surface area contributed by atoms with Gasteiger partial charge in [-0.1, -0.05) is 11.6 Å². The average Bonchev–Trinajstić information content (AvgIpc) is 2.68. The zero-order valence-electron chi connectivity index (χ0n) is 15.0. The van der Waals surface area contributed by atoms with Gasteiger partial charge >= 0.3 is 0 Å². The van der Waals surface area contributed by atoms with Crippen LogP contribution in [0.2, 0.25) is 5.02 Å². The first-order valence-electron chi connectivity index (χ1n) is 9.09. The van der Waals surface area contributed by atoms with Gasteiger partial charge in [-0.05, 0) is 61.4 Å². The normalized spacial score (nSPS) is 15.5. The fourth-order valence-electron chi connectivity index (χ4n) is 3.21. The number of halogens is 2. The van der Waals surface area contributed by atoms with Crippen molar-refractivity contribution in [2.24, 2.45) is 0 Å². The summed E-state index contributed by atoms with van der Waals surface area (Å²) in [6, 6.07) is 12.6. The van der Waals surface area contributed by atoms with Gasteiger partial charge in [-0.15, -0.1) is 0 Å². The van der Waals surface area contributed by atoms with Crippen LogP contribution in [0, 0.1) is 5.82 Å². The predicted molar refractivity (Wildman–Crippen MR) is 104 cm³/mol.